The number of hydrogen-bond donors (Lipinski definition) is 1. The summed E-state index contributed by atoms with van der Waals surface area (Å²) in [5.41, 5.74) is 4.40. The Bertz CT molecular complexity index is 916. The molecule has 0 saturated carbocycles. The maximum absolute atomic E-state index is 13.2. The Kier molecular flexibility index (Phi) is 4.09. The highest BCUT2D eigenvalue weighted by atomic mass is 32.1. The number of aromatic amines is 1. The molecular formula is C18H17FN4OS. The SMILES string of the molecule is Cc1nc(C(=O)N2CCc3[nH]nc(-c4ccc(F)cc4)c3CC2)cs1. The van der Waals surface area contributed by atoms with E-state index in [1.165, 1.54) is 23.5 Å². The minimum atomic E-state index is -0.263. The summed E-state index contributed by atoms with van der Waals surface area (Å²) >= 11 is 1.49. The molecule has 0 radical (unpaired) electrons. The molecule has 1 amide bonds. The first kappa shape index (κ1) is 16.0. The fourth-order valence-corrected chi connectivity index (χ4v) is 3.74. The monoisotopic (exact) mass is 356 g/mol. The number of carbonyl (C=O) groups excluding carboxylic acids is 1. The third-order valence-corrected chi connectivity index (χ3v) is 5.23. The molecule has 0 unspecified atom stereocenters. The average molecular weight is 356 g/mol. The molecule has 0 saturated heterocycles. The number of rotatable bonds is 2. The van der Waals surface area contributed by atoms with Crippen LogP contribution in [0.15, 0.2) is 29.6 Å². The summed E-state index contributed by atoms with van der Waals surface area (Å²) in [5.74, 6) is -0.286. The molecule has 128 valence electrons. The number of aryl methyl sites for hydroxylation is 1. The van der Waals surface area contributed by atoms with Crippen LogP contribution in [0.1, 0.15) is 26.8 Å². The van der Waals surface area contributed by atoms with Crippen LogP contribution in [-0.2, 0) is 12.8 Å². The van der Waals surface area contributed by atoms with Crippen molar-refractivity contribution in [2.45, 2.75) is 19.8 Å². The van der Waals surface area contributed by atoms with Gasteiger partial charge in [0.05, 0.1) is 10.7 Å². The molecule has 0 fully saturated rings. The van der Waals surface area contributed by atoms with Crippen molar-refractivity contribution in [1.29, 1.82) is 0 Å². The quantitative estimate of drug-likeness (QED) is 0.767. The van der Waals surface area contributed by atoms with Crippen LogP contribution in [0.3, 0.4) is 0 Å². The van der Waals surface area contributed by atoms with Crippen LogP contribution in [-0.4, -0.2) is 39.1 Å². The highest BCUT2D eigenvalue weighted by Crippen LogP contribution is 2.27. The fraction of sp³-hybridized carbons (Fsp3) is 0.278. The minimum absolute atomic E-state index is 0.0224. The van der Waals surface area contributed by atoms with Crippen LogP contribution in [0.5, 0.6) is 0 Å². The maximum atomic E-state index is 13.2. The molecule has 3 heterocycles. The van der Waals surface area contributed by atoms with Crippen molar-refractivity contribution in [2.24, 2.45) is 0 Å². The Morgan fingerprint density at radius 1 is 1.24 bits per heavy atom. The maximum Gasteiger partial charge on any atom is 0.273 e. The summed E-state index contributed by atoms with van der Waals surface area (Å²) in [5, 5.41) is 10.2. The molecule has 4 rings (SSSR count). The van der Waals surface area contributed by atoms with Crippen LogP contribution in [0.25, 0.3) is 11.3 Å². The summed E-state index contributed by atoms with van der Waals surface area (Å²) in [7, 11) is 0. The summed E-state index contributed by atoms with van der Waals surface area (Å²) < 4.78 is 13.2. The molecule has 3 aromatic rings. The number of halogens is 1. The third-order valence-electron chi connectivity index (χ3n) is 4.46. The number of H-pyrrole nitrogens is 1. The molecule has 0 aliphatic carbocycles. The van der Waals surface area contributed by atoms with Gasteiger partial charge in [-0.15, -0.1) is 11.3 Å². The van der Waals surface area contributed by atoms with E-state index in [4.69, 9.17) is 0 Å². The molecule has 1 aliphatic heterocycles. The van der Waals surface area contributed by atoms with Gasteiger partial charge in [-0.3, -0.25) is 9.89 Å². The molecule has 7 heteroatoms. The van der Waals surface area contributed by atoms with E-state index in [0.29, 0.717) is 25.2 Å². The zero-order valence-corrected chi connectivity index (χ0v) is 14.6. The molecule has 0 atom stereocenters. The van der Waals surface area contributed by atoms with Crippen molar-refractivity contribution in [1.82, 2.24) is 20.1 Å². The molecule has 2 aromatic heterocycles. The zero-order chi connectivity index (χ0) is 17.4. The Morgan fingerprint density at radius 2 is 2.00 bits per heavy atom. The van der Waals surface area contributed by atoms with Crippen LogP contribution < -0.4 is 0 Å². The van der Waals surface area contributed by atoms with Gasteiger partial charge in [-0.1, -0.05) is 0 Å². The number of amides is 1. The first-order valence-corrected chi connectivity index (χ1v) is 9.03. The van der Waals surface area contributed by atoms with Crippen molar-refractivity contribution >= 4 is 17.2 Å². The molecule has 0 spiro atoms. The van der Waals surface area contributed by atoms with E-state index in [9.17, 15) is 9.18 Å². The lowest BCUT2D eigenvalue weighted by Crippen LogP contribution is -2.33. The molecule has 1 N–H and O–H groups in total. The van der Waals surface area contributed by atoms with Crippen molar-refractivity contribution < 1.29 is 9.18 Å². The number of fused-ring (bicyclic) bond motifs is 1. The lowest BCUT2D eigenvalue weighted by molar-refractivity contribution is 0.0757. The second-order valence-electron chi connectivity index (χ2n) is 6.08. The molecule has 0 bridgehead atoms. The van der Waals surface area contributed by atoms with Crippen LogP contribution in [0.4, 0.5) is 4.39 Å². The smallest absolute Gasteiger partial charge is 0.273 e. The van der Waals surface area contributed by atoms with Crippen molar-refractivity contribution in [2.75, 3.05) is 13.1 Å². The van der Waals surface area contributed by atoms with Gasteiger partial charge in [0.15, 0.2) is 0 Å². The summed E-state index contributed by atoms with van der Waals surface area (Å²) in [4.78, 5) is 18.8. The fourth-order valence-electron chi connectivity index (χ4n) is 3.16. The van der Waals surface area contributed by atoms with Crippen LogP contribution >= 0.6 is 11.3 Å². The van der Waals surface area contributed by atoms with E-state index in [-0.39, 0.29) is 11.7 Å². The standard InChI is InChI=1S/C18H17FN4OS/c1-11-20-16(10-25-11)18(24)23-8-6-14-15(7-9-23)21-22-17(14)12-2-4-13(19)5-3-12/h2-5,10H,6-9H2,1H3,(H,21,22). The lowest BCUT2D eigenvalue weighted by Gasteiger charge is -2.19. The first-order chi connectivity index (χ1) is 12.1. The van der Waals surface area contributed by atoms with Gasteiger partial charge in [0.1, 0.15) is 11.5 Å². The molecule has 1 aromatic carbocycles. The van der Waals surface area contributed by atoms with Crippen molar-refractivity contribution in [3.63, 3.8) is 0 Å². The van der Waals surface area contributed by atoms with Crippen molar-refractivity contribution in [3.8, 4) is 11.3 Å². The van der Waals surface area contributed by atoms with E-state index in [0.717, 1.165) is 33.9 Å². The molecule has 1 aliphatic rings. The van der Waals surface area contributed by atoms with Crippen LogP contribution in [0, 0.1) is 12.7 Å². The number of nitrogens with one attached hydrogen (secondary N) is 1. The summed E-state index contributed by atoms with van der Waals surface area (Å²) in [6.45, 7) is 3.15. The van der Waals surface area contributed by atoms with E-state index in [1.807, 2.05) is 17.2 Å². The topological polar surface area (TPSA) is 61.9 Å². The number of nitrogens with zero attached hydrogens (tertiary/aromatic N) is 3. The minimum Gasteiger partial charge on any atom is -0.337 e. The Balaban J connectivity index is 1.56. The molecule has 5 nitrogen and oxygen atoms in total. The number of thiazole rings is 1. The predicted molar refractivity (Wildman–Crippen MR) is 94.1 cm³/mol. The Labute approximate surface area is 148 Å². The Hall–Kier alpha value is -2.54. The van der Waals surface area contributed by atoms with E-state index in [1.54, 1.807) is 12.1 Å². The highest BCUT2D eigenvalue weighted by Gasteiger charge is 2.24. The number of benzene rings is 1. The van der Waals surface area contributed by atoms with E-state index < -0.39 is 0 Å². The zero-order valence-electron chi connectivity index (χ0n) is 13.8. The predicted octanol–water partition coefficient (Wildman–Crippen LogP) is 3.22. The van der Waals surface area contributed by atoms with Gasteiger partial charge in [-0.25, -0.2) is 9.37 Å². The van der Waals surface area contributed by atoms with Gasteiger partial charge in [-0.05, 0) is 37.6 Å². The van der Waals surface area contributed by atoms with E-state index >= 15 is 0 Å². The normalized spacial score (nSPS) is 14.2. The van der Waals surface area contributed by atoms with Crippen LogP contribution in [0.2, 0.25) is 0 Å². The first-order valence-electron chi connectivity index (χ1n) is 8.15. The van der Waals surface area contributed by atoms with Gasteiger partial charge in [0.25, 0.3) is 5.91 Å². The van der Waals surface area contributed by atoms with E-state index in [2.05, 4.69) is 15.2 Å². The summed E-state index contributed by atoms with van der Waals surface area (Å²) in [6.07, 6.45) is 1.44. The van der Waals surface area contributed by atoms with Gasteiger partial charge < -0.3 is 4.90 Å². The molecule has 25 heavy (non-hydrogen) atoms. The van der Waals surface area contributed by atoms with Gasteiger partial charge in [-0.2, -0.15) is 5.10 Å². The Morgan fingerprint density at radius 3 is 2.72 bits per heavy atom. The average Bonchev–Trinajstić information content (AvgIpc) is 3.16. The van der Waals surface area contributed by atoms with Gasteiger partial charge in [0, 0.05) is 41.7 Å². The lowest BCUT2D eigenvalue weighted by atomic mass is 10.0. The molecular weight excluding hydrogens is 339 g/mol. The van der Waals surface area contributed by atoms with Gasteiger partial charge >= 0.3 is 0 Å². The number of carbonyl (C=O) groups is 1. The third kappa shape index (κ3) is 3.07. The number of hydrogen-bond acceptors (Lipinski definition) is 4. The van der Waals surface area contributed by atoms with Crippen molar-refractivity contribution in [3.05, 3.63) is 57.4 Å². The largest absolute Gasteiger partial charge is 0.337 e. The second kappa shape index (κ2) is 6.40. The second-order valence-corrected chi connectivity index (χ2v) is 7.14. The number of aromatic nitrogens is 3. The highest BCUT2D eigenvalue weighted by molar-refractivity contribution is 7.09. The summed E-state index contributed by atoms with van der Waals surface area (Å²) in [6, 6.07) is 6.34. The van der Waals surface area contributed by atoms with Gasteiger partial charge in [0.2, 0.25) is 0 Å².